The first kappa shape index (κ1) is 13.5. The molecular weight excluding hydrogens is 266 g/mol. The second-order valence-corrected chi connectivity index (χ2v) is 5.60. The summed E-state index contributed by atoms with van der Waals surface area (Å²) in [6, 6.07) is 10.4. The topological polar surface area (TPSA) is 21.3 Å². The smallest absolute Gasteiger partial charge is 0.119 e. The first-order valence-electron chi connectivity index (χ1n) is 5.74. The lowest BCUT2D eigenvalue weighted by molar-refractivity contribution is 0.305. The van der Waals surface area contributed by atoms with Crippen LogP contribution in [0.1, 0.15) is 20.3 Å². The Hall–Kier alpha value is -0.540. The van der Waals surface area contributed by atoms with Crippen molar-refractivity contribution in [2.75, 3.05) is 13.2 Å². The third-order valence-electron chi connectivity index (χ3n) is 2.29. The van der Waals surface area contributed by atoms with Crippen LogP contribution in [0.15, 0.2) is 30.3 Å². The number of alkyl halides is 1. The molecule has 0 aliphatic carbocycles. The van der Waals surface area contributed by atoms with Crippen molar-refractivity contribution in [2.24, 2.45) is 0 Å². The number of hydrogen-bond acceptors (Lipinski definition) is 2. The number of benzene rings is 1. The van der Waals surface area contributed by atoms with Crippen molar-refractivity contribution < 1.29 is 4.74 Å². The largest absolute Gasteiger partial charge is 0.492 e. The maximum atomic E-state index is 5.59. The standard InChI is InChI=1S/C13H20BrNO/c1-11(14)10-12(2)15-8-9-16-13-6-4-3-5-7-13/h3-7,11-12,15H,8-10H2,1-2H3. The molecule has 2 unspecified atom stereocenters. The van der Waals surface area contributed by atoms with Gasteiger partial charge < -0.3 is 10.1 Å². The minimum Gasteiger partial charge on any atom is -0.492 e. The van der Waals surface area contributed by atoms with Crippen LogP contribution in [0.2, 0.25) is 0 Å². The van der Waals surface area contributed by atoms with E-state index in [9.17, 15) is 0 Å². The molecule has 0 amide bonds. The molecule has 1 rings (SSSR count). The van der Waals surface area contributed by atoms with Crippen molar-refractivity contribution in [3.05, 3.63) is 30.3 Å². The number of halogens is 1. The van der Waals surface area contributed by atoms with Crippen LogP contribution in [0.4, 0.5) is 0 Å². The molecule has 0 saturated carbocycles. The summed E-state index contributed by atoms with van der Waals surface area (Å²) in [6.07, 6.45) is 1.13. The Kier molecular flexibility index (Phi) is 6.50. The fraction of sp³-hybridized carbons (Fsp3) is 0.538. The second-order valence-electron chi connectivity index (χ2n) is 4.03. The molecule has 2 atom stereocenters. The zero-order valence-corrected chi connectivity index (χ0v) is 11.5. The number of hydrogen-bond donors (Lipinski definition) is 1. The molecule has 0 spiro atoms. The van der Waals surface area contributed by atoms with Crippen LogP contribution in [0.5, 0.6) is 5.75 Å². The van der Waals surface area contributed by atoms with Crippen molar-refractivity contribution >= 4 is 15.9 Å². The number of ether oxygens (including phenoxy) is 1. The highest BCUT2D eigenvalue weighted by molar-refractivity contribution is 9.09. The molecule has 0 aromatic heterocycles. The van der Waals surface area contributed by atoms with Crippen molar-refractivity contribution in [2.45, 2.75) is 31.1 Å². The van der Waals surface area contributed by atoms with Gasteiger partial charge in [-0.2, -0.15) is 0 Å². The molecular formula is C13H20BrNO. The van der Waals surface area contributed by atoms with Gasteiger partial charge in [0.2, 0.25) is 0 Å². The van der Waals surface area contributed by atoms with Crippen LogP contribution in [-0.4, -0.2) is 24.0 Å². The molecule has 2 nitrogen and oxygen atoms in total. The second kappa shape index (κ2) is 7.69. The van der Waals surface area contributed by atoms with Gasteiger partial charge in [-0.15, -0.1) is 0 Å². The normalized spacial score (nSPS) is 14.4. The Morgan fingerprint density at radius 3 is 2.56 bits per heavy atom. The predicted molar refractivity (Wildman–Crippen MR) is 72.4 cm³/mol. The van der Waals surface area contributed by atoms with Crippen LogP contribution in [-0.2, 0) is 0 Å². The summed E-state index contributed by atoms with van der Waals surface area (Å²) in [5.41, 5.74) is 0. The molecule has 90 valence electrons. The summed E-state index contributed by atoms with van der Waals surface area (Å²) in [6.45, 7) is 5.96. The lowest BCUT2D eigenvalue weighted by Crippen LogP contribution is -2.31. The van der Waals surface area contributed by atoms with Gasteiger partial charge in [0.05, 0.1) is 0 Å². The first-order valence-corrected chi connectivity index (χ1v) is 6.65. The molecule has 1 aromatic rings. The van der Waals surface area contributed by atoms with E-state index in [2.05, 4.69) is 35.1 Å². The SMILES string of the molecule is CC(Br)CC(C)NCCOc1ccccc1. The number of nitrogens with one attached hydrogen (secondary N) is 1. The first-order chi connectivity index (χ1) is 7.68. The Morgan fingerprint density at radius 1 is 1.25 bits per heavy atom. The lowest BCUT2D eigenvalue weighted by Gasteiger charge is -2.15. The Balaban J connectivity index is 2.08. The van der Waals surface area contributed by atoms with Crippen LogP contribution in [0.25, 0.3) is 0 Å². The van der Waals surface area contributed by atoms with Gasteiger partial charge in [0.15, 0.2) is 0 Å². The van der Waals surface area contributed by atoms with E-state index in [4.69, 9.17) is 4.74 Å². The molecule has 1 N–H and O–H groups in total. The minimum absolute atomic E-state index is 0.522. The summed E-state index contributed by atoms with van der Waals surface area (Å²) in [5, 5.41) is 3.43. The van der Waals surface area contributed by atoms with Gasteiger partial charge in [-0.3, -0.25) is 0 Å². The molecule has 0 heterocycles. The quantitative estimate of drug-likeness (QED) is 0.614. The van der Waals surface area contributed by atoms with E-state index in [1.54, 1.807) is 0 Å². The molecule has 0 saturated heterocycles. The van der Waals surface area contributed by atoms with E-state index >= 15 is 0 Å². The molecule has 16 heavy (non-hydrogen) atoms. The Labute approximate surface area is 107 Å². The van der Waals surface area contributed by atoms with Crippen LogP contribution in [0, 0.1) is 0 Å². The minimum atomic E-state index is 0.522. The van der Waals surface area contributed by atoms with Gasteiger partial charge in [0.1, 0.15) is 12.4 Å². The highest BCUT2D eigenvalue weighted by atomic mass is 79.9. The number of rotatable bonds is 7. The van der Waals surface area contributed by atoms with Crippen LogP contribution in [0.3, 0.4) is 0 Å². The van der Waals surface area contributed by atoms with E-state index in [1.165, 1.54) is 0 Å². The summed E-state index contributed by atoms with van der Waals surface area (Å²) in [4.78, 5) is 0.560. The lowest BCUT2D eigenvalue weighted by atomic mass is 10.2. The molecule has 0 radical (unpaired) electrons. The molecule has 1 aromatic carbocycles. The van der Waals surface area contributed by atoms with E-state index in [0.29, 0.717) is 17.5 Å². The van der Waals surface area contributed by atoms with Crippen LogP contribution < -0.4 is 10.1 Å². The molecule has 0 aliphatic rings. The molecule has 0 fully saturated rings. The number of para-hydroxylation sites is 1. The Morgan fingerprint density at radius 2 is 1.94 bits per heavy atom. The third kappa shape index (κ3) is 6.13. The van der Waals surface area contributed by atoms with Gasteiger partial charge in [-0.25, -0.2) is 0 Å². The highest BCUT2D eigenvalue weighted by Gasteiger charge is 2.04. The summed E-state index contributed by atoms with van der Waals surface area (Å²) >= 11 is 3.55. The van der Waals surface area contributed by atoms with E-state index < -0.39 is 0 Å². The fourth-order valence-corrected chi connectivity index (χ4v) is 2.12. The summed E-state index contributed by atoms with van der Waals surface area (Å²) in [7, 11) is 0. The third-order valence-corrected chi connectivity index (χ3v) is 2.66. The summed E-state index contributed by atoms with van der Waals surface area (Å²) in [5.74, 6) is 0.936. The maximum absolute atomic E-state index is 5.59. The van der Waals surface area contributed by atoms with Gasteiger partial charge >= 0.3 is 0 Å². The Bertz CT molecular complexity index is 277. The van der Waals surface area contributed by atoms with Crippen molar-refractivity contribution in [1.29, 1.82) is 0 Å². The van der Waals surface area contributed by atoms with Crippen molar-refractivity contribution in [3.8, 4) is 5.75 Å². The fourth-order valence-electron chi connectivity index (χ4n) is 1.56. The van der Waals surface area contributed by atoms with Crippen molar-refractivity contribution in [1.82, 2.24) is 5.32 Å². The highest BCUT2D eigenvalue weighted by Crippen LogP contribution is 2.08. The molecule has 0 bridgehead atoms. The van der Waals surface area contributed by atoms with E-state index in [-0.39, 0.29) is 0 Å². The maximum Gasteiger partial charge on any atom is 0.119 e. The molecule has 3 heteroatoms. The average molecular weight is 286 g/mol. The molecule has 0 aliphatic heterocycles. The van der Waals surface area contributed by atoms with E-state index in [1.807, 2.05) is 30.3 Å². The van der Waals surface area contributed by atoms with Gasteiger partial charge in [0.25, 0.3) is 0 Å². The monoisotopic (exact) mass is 285 g/mol. The predicted octanol–water partition coefficient (Wildman–Crippen LogP) is 3.22. The van der Waals surface area contributed by atoms with Gasteiger partial charge in [0, 0.05) is 17.4 Å². The average Bonchev–Trinajstić information content (AvgIpc) is 2.25. The zero-order chi connectivity index (χ0) is 11.8. The summed E-state index contributed by atoms with van der Waals surface area (Å²) < 4.78 is 5.59. The van der Waals surface area contributed by atoms with Crippen LogP contribution >= 0.6 is 15.9 Å². The van der Waals surface area contributed by atoms with Gasteiger partial charge in [-0.05, 0) is 25.5 Å². The van der Waals surface area contributed by atoms with Crippen molar-refractivity contribution in [3.63, 3.8) is 0 Å². The van der Waals surface area contributed by atoms with E-state index in [0.717, 1.165) is 18.7 Å². The zero-order valence-electron chi connectivity index (χ0n) is 9.95. The van der Waals surface area contributed by atoms with Gasteiger partial charge in [-0.1, -0.05) is 41.1 Å².